The number of aryl methyl sites for hydroxylation is 1. The first kappa shape index (κ1) is 11.2. The number of aromatic nitrogens is 3. The molecule has 1 atom stereocenters. The number of benzene rings is 1. The average Bonchev–Trinajstić information content (AvgIpc) is 2.94. The number of hydrazine groups is 1. The van der Waals surface area contributed by atoms with Crippen LogP contribution in [0.2, 0.25) is 0 Å². The van der Waals surface area contributed by atoms with E-state index in [1.165, 1.54) is 5.56 Å². The molecule has 0 saturated carbocycles. The Morgan fingerprint density at radius 1 is 1.44 bits per heavy atom. The van der Waals surface area contributed by atoms with Crippen molar-refractivity contribution < 1.29 is 4.74 Å². The Kier molecular flexibility index (Phi) is 2.95. The summed E-state index contributed by atoms with van der Waals surface area (Å²) in [6.45, 7) is 0.750. The van der Waals surface area contributed by atoms with Crippen LogP contribution in [0.1, 0.15) is 29.3 Å². The monoisotopic (exact) mass is 245 g/mol. The molecule has 6 heteroatoms. The number of nitrogens with zero attached hydrogens (tertiary/aromatic N) is 2. The van der Waals surface area contributed by atoms with Gasteiger partial charge in [0.05, 0.1) is 18.8 Å². The molecule has 0 amide bonds. The molecule has 0 spiro atoms. The van der Waals surface area contributed by atoms with Crippen molar-refractivity contribution in [2.45, 2.75) is 18.9 Å². The van der Waals surface area contributed by atoms with Gasteiger partial charge in [-0.2, -0.15) is 15.4 Å². The Bertz CT molecular complexity index is 525. The molecular formula is C12H15N5O. The highest BCUT2D eigenvalue weighted by molar-refractivity contribution is 5.46. The van der Waals surface area contributed by atoms with Crippen molar-refractivity contribution in [1.82, 2.24) is 20.8 Å². The second kappa shape index (κ2) is 4.75. The predicted octanol–water partition coefficient (Wildman–Crippen LogP) is 0.682. The lowest BCUT2D eigenvalue weighted by Gasteiger charge is -2.23. The zero-order chi connectivity index (χ0) is 12.4. The van der Waals surface area contributed by atoms with Gasteiger partial charge in [-0.3, -0.25) is 5.84 Å². The van der Waals surface area contributed by atoms with Crippen LogP contribution in [0, 0.1) is 0 Å². The fourth-order valence-electron chi connectivity index (χ4n) is 2.33. The molecule has 6 nitrogen and oxygen atoms in total. The Labute approximate surface area is 105 Å². The van der Waals surface area contributed by atoms with Crippen LogP contribution in [-0.2, 0) is 6.42 Å². The quantitative estimate of drug-likeness (QED) is 0.546. The number of hydrogen-bond donors (Lipinski definition) is 3. The molecule has 1 aromatic heterocycles. The van der Waals surface area contributed by atoms with Gasteiger partial charge in [0.15, 0.2) is 0 Å². The summed E-state index contributed by atoms with van der Waals surface area (Å²) < 4.78 is 5.78. The van der Waals surface area contributed by atoms with Crippen molar-refractivity contribution in [3.05, 3.63) is 41.2 Å². The highest BCUT2D eigenvalue weighted by Gasteiger charge is 2.23. The van der Waals surface area contributed by atoms with Crippen molar-refractivity contribution >= 4 is 0 Å². The minimum atomic E-state index is -0.211. The third-order valence-electron chi connectivity index (χ3n) is 3.17. The summed E-state index contributed by atoms with van der Waals surface area (Å²) in [6.07, 6.45) is 3.76. The molecule has 0 bridgehead atoms. The van der Waals surface area contributed by atoms with Crippen LogP contribution < -0.4 is 16.0 Å². The fraction of sp³-hybridized carbons (Fsp3) is 0.333. The van der Waals surface area contributed by atoms with Crippen molar-refractivity contribution in [2.24, 2.45) is 5.84 Å². The van der Waals surface area contributed by atoms with E-state index in [0.717, 1.165) is 36.5 Å². The zero-order valence-corrected chi connectivity index (χ0v) is 9.89. The van der Waals surface area contributed by atoms with Gasteiger partial charge < -0.3 is 4.74 Å². The largest absolute Gasteiger partial charge is 0.493 e. The maximum absolute atomic E-state index is 5.78. The summed E-state index contributed by atoms with van der Waals surface area (Å²) in [5.74, 6) is 6.57. The Balaban J connectivity index is 2.05. The molecule has 2 heterocycles. The number of nitrogens with one attached hydrogen (secondary N) is 2. The van der Waals surface area contributed by atoms with Crippen LogP contribution >= 0.6 is 0 Å². The lowest BCUT2D eigenvalue weighted by atomic mass is 9.97. The number of fused-ring (bicyclic) bond motifs is 1. The van der Waals surface area contributed by atoms with E-state index in [-0.39, 0.29) is 6.04 Å². The number of nitrogens with two attached hydrogens (primary N) is 1. The van der Waals surface area contributed by atoms with Crippen LogP contribution in [0.25, 0.3) is 0 Å². The first-order chi connectivity index (χ1) is 8.90. The summed E-state index contributed by atoms with van der Waals surface area (Å²) in [5, 5.41) is 10.5. The predicted molar refractivity (Wildman–Crippen MR) is 65.8 cm³/mol. The second-order valence-corrected chi connectivity index (χ2v) is 4.28. The number of ether oxygens (including phenoxy) is 1. The third-order valence-corrected chi connectivity index (χ3v) is 3.17. The standard InChI is InChI=1S/C12H15N5O/c13-15-11(10-7-14-17-16-10)9-5-1-3-8-4-2-6-18-12(8)9/h1,3,5,7,11,15H,2,4,6,13H2,(H,14,16,17). The molecule has 0 saturated heterocycles. The topological polar surface area (TPSA) is 88.8 Å². The van der Waals surface area contributed by atoms with Crippen LogP contribution in [-0.4, -0.2) is 22.0 Å². The van der Waals surface area contributed by atoms with Gasteiger partial charge in [-0.15, -0.1) is 0 Å². The molecule has 0 fully saturated rings. The molecule has 1 unspecified atom stereocenters. The van der Waals surface area contributed by atoms with E-state index in [2.05, 4.69) is 26.9 Å². The number of hydrogen-bond acceptors (Lipinski definition) is 5. The normalized spacial score (nSPS) is 15.8. The second-order valence-electron chi connectivity index (χ2n) is 4.28. The number of para-hydroxylation sites is 1. The van der Waals surface area contributed by atoms with Gasteiger partial charge in [-0.1, -0.05) is 18.2 Å². The lowest BCUT2D eigenvalue weighted by molar-refractivity contribution is 0.283. The molecular weight excluding hydrogens is 230 g/mol. The summed E-state index contributed by atoms with van der Waals surface area (Å²) >= 11 is 0. The first-order valence-corrected chi connectivity index (χ1v) is 5.96. The minimum Gasteiger partial charge on any atom is -0.493 e. The van der Waals surface area contributed by atoms with Gasteiger partial charge in [0.1, 0.15) is 11.4 Å². The number of aromatic amines is 1. The van der Waals surface area contributed by atoms with Crippen LogP contribution in [0.4, 0.5) is 0 Å². The molecule has 1 aliphatic heterocycles. The smallest absolute Gasteiger partial charge is 0.127 e. The fourth-order valence-corrected chi connectivity index (χ4v) is 2.33. The van der Waals surface area contributed by atoms with E-state index < -0.39 is 0 Å². The molecule has 0 aliphatic carbocycles. The molecule has 0 radical (unpaired) electrons. The van der Waals surface area contributed by atoms with Gasteiger partial charge in [-0.05, 0) is 18.4 Å². The summed E-state index contributed by atoms with van der Waals surface area (Å²) in [7, 11) is 0. The van der Waals surface area contributed by atoms with E-state index in [0.29, 0.717) is 0 Å². The van der Waals surface area contributed by atoms with Crippen LogP contribution in [0.15, 0.2) is 24.4 Å². The molecule has 4 N–H and O–H groups in total. The SMILES string of the molecule is NNC(c1cn[nH]n1)c1cccc2c1OCCC2. The Morgan fingerprint density at radius 3 is 3.17 bits per heavy atom. The number of rotatable bonds is 3. The molecule has 1 aromatic carbocycles. The van der Waals surface area contributed by atoms with Crippen LogP contribution in [0.5, 0.6) is 5.75 Å². The molecule has 3 rings (SSSR count). The van der Waals surface area contributed by atoms with Crippen molar-refractivity contribution in [3.63, 3.8) is 0 Å². The van der Waals surface area contributed by atoms with Gasteiger partial charge in [-0.25, -0.2) is 5.43 Å². The Morgan fingerprint density at radius 2 is 2.39 bits per heavy atom. The van der Waals surface area contributed by atoms with E-state index >= 15 is 0 Å². The zero-order valence-electron chi connectivity index (χ0n) is 9.89. The van der Waals surface area contributed by atoms with Gasteiger partial charge in [0.25, 0.3) is 0 Å². The molecule has 2 aromatic rings. The van der Waals surface area contributed by atoms with E-state index in [1.54, 1.807) is 6.20 Å². The number of H-pyrrole nitrogens is 1. The van der Waals surface area contributed by atoms with Crippen LogP contribution in [0.3, 0.4) is 0 Å². The lowest BCUT2D eigenvalue weighted by Crippen LogP contribution is -2.30. The van der Waals surface area contributed by atoms with Gasteiger partial charge >= 0.3 is 0 Å². The van der Waals surface area contributed by atoms with Crippen molar-refractivity contribution in [1.29, 1.82) is 0 Å². The Hall–Kier alpha value is -1.92. The highest BCUT2D eigenvalue weighted by atomic mass is 16.5. The van der Waals surface area contributed by atoms with E-state index in [9.17, 15) is 0 Å². The molecule has 94 valence electrons. The molecule has 18 heavy (non-hydrogen) atoms. The van der Waals surface area contributed by atoms with Gasteiger partial charge in [0, 0.05) is 5.56 Å². The van der Waals surface area contributed by atoms with E-state index in [4.69, 9.17) is 10.6 Å². The van der Waals surface area contributed by atoms with Gasteiger partial charge in [0.2, 0.25) is 0 Å². The molecule has 1 aliphatic rings. The van der Waals surface area contributed by atoms with Crippen molar-refractivity contribution in [2.75, 3.05) is 6.61 Å². The highest BCUT2D eigenvalue weighted by Crippen LogP contribution is 2.34. The van der Waals surface area contributed by atoms with E-state index in [1.807, 2.05) is 12.1 Å². The average molecular weight is 245 g/mol. The summed E-state index contributed by atoms with van der Waals surface area (Å²) in [4.78, 5) is 0. The maximum Gasteiger partial charge on any atom is 0.127 e. The first-order valence-electron chi connectivity index (χ1n) is 5.96. The summed E-state index contributed by atoms with van der Waals surface area (Å²) in [5.41, 5.74) is 5.75. The van der Waals surface area contributed by atoms with Crippen molar-refractivity contribution in [3.8, 4) is 5.75 Å². The maximum atomic E-state index is 5.78. The third kappa shape index (κ3) is 1.85. The summed E-state index contributed by atoms with van der Waals surface area (Å²) in [6, 6.07) is 5.90. The minimum absolute atomic E-state index is 0.211.